The van der Waals surface area contributed by atoms with Crippen LogP contribution in [-0.4, -0.2) is 12.1 Å². The molecule has 106 valence electrons. The van der Waals surface area contributed by atoms with Crippen LogP contribution in [0.25, 0.3) is 10.9 Å². The topological polar surface area (TPSA) is 57.4 Å². The average Bonchev–Trinajstić information content (AvgIpc) is 2.53. The summed E-state index contributed by atoms with van der Waals surface area (Å²) in [5.74, 6) is 1.28. The van der Waals surface area contributed by atoms with Gasteiger partial charge in [0.15, 0.2) is 11.5 Å². The molecule has 2 aromatic carbocycles. The lowest BCUT2D eigenvalue weighted by Gasteiger charge is -2.11. The Morgan fingerprint density at radius 3 is 2.71 bits per heavy atom. The van der Waals surface area contributed by atoms with E-state index in [1.807, 2.05) is 36.4 Å². The van der Waals surface area contributed by atoms with Gasteiger partial charge in [0.25, 0.3) is 0 Å². The lowest BCUT2D eigenvalue weighted by Crippen LogP contribution is -2.00. The summed E-state index contributed by atoms with van der Waals surface area (Å²) in [5.41, 5.74) is 8.20. The Labute approximate surface area is 123 Å². The number of fused-ring (bicyclic) bond motifs is 1. The predicted octanol–water partition coefficient (Wildman–Crippen LogP) is 3.40. The van der Waals surface area contributed by atoms with Gasteiger partial charge >= 0.3 is 0 Å². The first-order valence-electron chi connectivity index (χ1n) is 6.67. The van der Waals surface area contributed by atoms with Gasteiger partial charge in [0.05, 0.1) is 18.3 Å². The second-order valence-corrected chi connectivity index (χ2v) is 4.69. The van der Waals surface area contributed by atoms with E-state index in [9.17, 15) is 0 Å². The van der Waals surface area contributed by atoms with Crippen molar-refractivity contribution in [3.63, 3.8) is 0 Å². The third kappa shape index (κ3) is 2.89. The van der Waals surface area contributed by atoms with Crippen LogP contribution in [-0.2, 0) is 6.61 Å². The molecular weight excluding hydrogens is 264 g/mol. The standard InChI is InChI=1S/C17H16N2O2/c1-20-17-10-13(18)7-9-16(17)21-11-14-8-6-12-4-2-3-5-15(12)19-14/h2-10H,11,18H2,1H3. The molecule has 21 heavy (non-hydrogen) atoms. The molecule has 4 heteroatoms. The largest absolute Gasteiger partial charge is 0.493 e. The highest BCUT2D eigenvalue weighted by Crippen LogP contribution is 2.29. The number of anilines is 1. The molecule has 0 aliphatic heterocycles. The van der Waals surface area contributed by atoms with Crippen molar-refractivity contribution in [3.05, 3.63) is 60.3 Å². The summed E-state index contributed by atoms with van der Waals surface area (Å²) in [6.45, 7) is 0.380. The Morgan fingerprint density at radius 2 is 1.86 bits per heavy atom. The van der Waals surface area contributed by atoms with Crippen LogP contribution < -0.4 is 15.2 Å². The number of hydrogen-bond donors (Lipinski definition) is 1. The summed E-state index contributed by atoms with van der Waals surface area (Å²) < 4.78 is 11.0. The number of para-hydroxylation sites is 1. The number of pyridine rings is 1. The zero-order chi connectivity index (χ0) is 14.7. The number of hydrogen-bond acceptors (Lipinski definition) is 4. The number of benzene rings is 2. The maximum absolute atomic E-state index is 5.77. The normalized spacial score (nSPS) is 10.5. The van der Waals surface area contributed by atoms with Gasteiger partial charge in [-0.3, -0.25) is 0 Å². The van der Waals surface area contributed by atoms with Gasteiger partial charge in [-0.05, 0) is 24.3 Å². The van der Waals surface area contributed by atoms with Crippen LogP contribution in [0.2, 0.25) is 0 Å². The number of aromatic nitrogens is 1. The highest BCUT2D eigenvalue weighted by molar-refractivity contribution is 5.78. The molecule has 1 aromatic heterocycles. The first kappa shape index (κ1) is 13.2. The van der Waals surface area contributed by atoms with Crippen LogP contribution in [0, 0.1) is 0 Å². The molecule has 0 unspecified atom stereocenters. The average molecular weight is 280 g/mol. The van der Waals surface area contributed by atoms with E-state index < -0.39 is 0 Å². The molecule has 0 atom stereocenters. The van der Waals surface area contributed by atoms with Crippen molar-refractivity contribution < 1.29 is 9.47 Å². The number of nitrogens with zero attached hydrogens (tertiary/aromatic N) is 1. The molecule has 0 radical (unpaired) electrons. The number of ether oxygens (including phenoxy) is 2. The molecule has 0 aliphatic rings. The summed E-state index contributed by atoms with van der Waals surface area (Å²) in [4.78, 5) is 4.57. The van der Waals surface area contributed by atoms with Gasteiger partial charge in [0, 0.05) is 17.1 Å². The minimum Gasteiger partial charge on any atom is -0.493 e. The Balaban J connectivity index is 1.80. The second-order valence-electron chi connectivity index (χ2n) is 4.69. The number of methoxy groups -OCH3 is 1. The van der Waals surface area contributed by atoms with E-state index in [1.54, 1.807) is 25.3 Å². The van der Waals surface area contributed by atoms with E-state index in [1.165, 1.54) is 0 Å². The van der Waals surface area contributed by atoms with Crippen molar-refractivity contribution in [3.8, 4) is 11.5 Å². The zero-order valence-electron chi connectivity index (χ0n) is 11.7. The molecule has 3 rings (SSSR count). The van der Waals surface area contributed by atoms with E-state index in [0.717, 1.165) is 16.6 Å². The highest BCUT2D eigenvalue weighted by Gasteiger charge is 2.06. The summed E-state index contributed by atoms with van der Waals surface area (Å²) in [7, 11) is 1.59. The maximum Gasteiger partial charge on any atom is 0.162 e. The van der Waals surface area contributed by atoms with Gasteiger partial charge < -0.3 is 15.2 Å². The van der Waals surface area contributed by atoms with Crippen LogP contribution in [0.1, 0.15) is 5.69 Å². The fraction of sp³-hybridized carbons (Fsp3) is 0.118. The number of nitrogens with two attached hydrogens (primary N) is 1. The molecule has 0 aliphatic carbocycles. The minimum atomic E-state index is 0.380. The van der Waals surface area contributed by atoms with Crippen molar-refractivity contribution in [1.82, 2.24) is 4.98 Å². The van der Waals surface area contributed by atoms with Gasteiger partial charge in [-0.15, -0.1) is 0 Å². The fourth-order valence-electron chi connectivity index (χ4n) is 2.14. The zero-order valence-corrected chi connectivity index (χ0v) is 11.7. The van der Waals surface area contributed by atoms with Crippen molar-refractivity contribution in [2.75, 3.05) is 12.8 Å². The Morgan fingerprint density at radius 1 is 1.00 bits per heavy atom. The van der Waals surface area contributed by atoms with E-state index in [-0.39, 0.29) is 0 Å². The molecule has 0 bridgehead atoms. The molecule has 0 saturated carbocycles. The number of nitrogen functional groups attached to an aromatic ring is 1. The first-order chi connectivity index (χ1) is 10.3. The maximum atomic E-state index is 5.77. The SMILES string of the molecule is COc1cc(N)ccc1OCc1ccc2ccccc2n1. The molecule has 4 nitrogen and oxygen atoms in total. The Hall–Kier alpha value is -2.75. The van der Waals surface area contributed by atoms with Crippen molar-refractivity contribution >= 4 is 16.6 Å². The second kappa shape index (κ2) is 5.71. The molecule has 0 saturated heterocycles. The first-order valence-corrected chi connectivity index (χ1v) is 6.67. The molecule has 0 spiro atoms. The van der Waals surface area contributed by atoms with Crippen molar-refractivity contribution in [1.29, 1.82) is 0 Å². The molecule has 1 heterocycles. The molecule has 3 aromatic rings. The fourth-order valence-corrected chi connectivity index (χ4v) is 2.14. The van der Waals surface area contributed by atoms with Gasteiger partial charge in [0.1, 0.15) is 6.61 Å². The summed E-state index contributed by atoms with van der Waals surface area (Å²) in [6.07, 6.45) is 0. The molecule has 2 N–H and O–H groups in total. The van der Waals surface area contributed by atoms with Crippen LogP contribution in [0.4, 0.5) is 5.69 Å². The molecule has 0 fully saturated rings. The van der Waals surface area contributed by atoms with Gasteiger partial charge in [-0.25, -0.2) is 4.98 Å². The summed E-state index contributed by atoms with van der Waals surface area (Å²) >= 11 is 0. The van der Waals surface area contributed by atoms with Gasteiger partial charge in [-0.2, -0.15) is 0 Å². The van der Waals surface area contributed by atoms with E-state index >= 15 is 0 Å². The lowest BCUT2D eigenvalue weighted by molar-refractivity contribution is 0.281. The van der Waals surface area contributed by atoms with Crippen LogP contribution in [0.3, 0.4) is 0 Å². The third-order valence-electron chi connectivity index (χ3n) is 3.22. The van der Waals surface area contributed by atoms with Crippen LogP contribution in [0.15, 0.2) is 54.6 Å². The van der Waals surface area contributed by atoms with E-state index in [4.69, 9.17) is 15.2 Å². The third-order valence-corrected chi connectivity index (χ3v) is 3.22. The lowest BCUT2D eigenvalue weighted by atomic mass is 10.2. The van der Waals surface area contributed by atoms with Crippen molar-refractivity contribution in [2.24, 2.45) is 0 Å². The molecule has 0 amide bonds. The molecular formula is C17H16N2O2. The van der Waals surface area contributed by atoms with Gasteiger partial charge in [0.2, 0.25) is 0 Å². The van der Waals surface area contributed by atoms with Crippen LogP contribution >= 0.6 is 0 Å². The van der Waals surface area contributed by atoms with E-state index in [2.05, 4.69) is 4.98 Å². The highest BCUT2D eigenvalue weighted by atomic mass is 16.5. The van der Waals surface area contributed by atoms with Gasteiger partial charge in [-0.1, -0.05) is 24.3 Å². The van der Waals surface area contributed by atoms with E-state index in [0.29, 0.717) is 23.8 Å². The van der Waals surface area contributed by atoms with Crippen LogP contribution in [0.5, 0.6) is 11.5 Å². The quantitative estimate of drug-likeness (QED) is 0.744. The Kier molecular flexibility index (Phi) is 3.60. The smallest absolute Gasteiger partial charge is 0.162 e. The minimum absolute atomic E-state index is 0.380. The Bertz CT molecular complexity index is 772. The monoisotopic (exact) mass is 280 g/mol. The predicted molar refractivity (Wildman–Crippen MR) is 83.5 cm³/mol. The summed E-state index contributed by atoms with van der Waals surface area (Å²) in [6, 6.07) is 17.3. The number of rotatable bonds is 4. The van der Waals surface area contributed by atoms with Crippen molar-refractivity contribution in [2.45, 2.75) is 6.61 Å². The summed E-state index contributed by atoms with van der Waals surface area (Å²) in [5, 5.41) is 1.12.